The van der Waals surface area contributed by atoms with E-state index in [1.165, 1.54) is 12.5 Å². The van der Waals surface area contributed by atoms with Gasteiger partial charge in [0.05, 0.1) is 13.5 Å². The van der Waals surface area contributed by atoms with Crippen LogP contribution in [-0.2, 0) is 20.9 Å². The van der Waals surface area contributed by atoms with Crippen LogP contribution in [0.4, 0.5) is 0 Å². The van der Waals surface area contributed by atoms with Crippen molar-refractivity contribution < 1.29 is 14.3 Å². The summed E-state index contributed by atoms with van der Waals surface area (Å²) in [5.41, 5.74) is 1.12. The quantitative estimate of drug-likeness (QED) is 0.816. The van der Waals surface area contributed by atoms with Crippen molar-refractivity contribution in [3.8, 4) is 0 Å². The van der Waals surface area contributed by atoms with Crippen molar-refractivity contribution in [1.82, 2.24) is 9.88 Å². The molecule has 0 unspecified atom stereocenters. The van der Waals surface area contributed by atoms with E-state index < -0.39 is 0 Å². The Balaban J connectivity index is 1.80. The fraction of sp³-hybridized carbons (Fsp3) is 0.333. The minimum Gasteiger partial charge on any atom is -0.469 e. The molecule has 20 heavy (non-hydrogen) atoms. The third-order valence-corrected chi connectivity index (χ3v) is 3.14. The maximum atomic E-state index is 11.7. The Morgan fingerprint density at radius 1 is 1.20 bits per heavy atom. The minimum atomic E-state index is -0.318. The van der Waals surface area contributed by atoms with Crippen LogP contribution in [0.15, 0.2) is 36.5 Å². The van der Waals surface area contributed by atoms with Crippen molar-refractivity contribution in [3.05, 3.63) is 36.5 Å². The van der Waals surface area contributed by atoms with Gasteiger partial charge in [-0.15, -0.1) is 0 Å². The van der Waals surface area contributed by atoms with Gasteiger partial charge < -0.3 is 14.6 Å². The first-order chi connectivity index (χ1) is 9.70. The SMILES string of the molecule is COC(=O)CCNC(=O)CCn1ccc2ccccc21. The number of hydrogen-bond acceptors (Lipinski definition) is 3. The van der Waals surface area contributed by atoms with Crippen LogP contribution in [0.1, 0.15) is 12.8 Å². The Hall–Kier alpha value is -2.30. The van der Waals surface area contributed by atoms with E-state index in [1.807, 2.05) is 36.5 Å². The predicted octanol–water partition coefficient (Wildman–Crippen LogP) is 1.71. The molecule has 5 nitrogen and oxygen atoms in total. The number of esters is 1. The molecule has 106 valence electrons. The predicted molar refractivity (Wildman–Crippen MR) is 76.2 cm³/mol. The molecule has 1 amide bonds. The van der Waals surface area contributed by atoms with Gasteiger partial charge in [0.25, 0.3) is 0 Å². The number of nitrogens with one attached hydrogen (secondary N) is 1. The van der Waals surface area contributed by atoms with Gasteiger partial charge in [-0.2, -0.15) is 0 Å². The standard InChI is InChI=1S/C15H18N2O3/c1-20-15(19)6-9-16-14(18)8-11-17-10-7-12-4-2-3-5-13(12)17/h2-5,7,10H,6,8-9,11H2,1H3,(H,16,18). The lowest BCUT2D eigenvalue weighted by Gasteiger charge is -2.06. The normalized spacial score (nSPS) is 10.4. The first kappa shape index (κ1) is 14.1. The maximum absolute atomic E-state index is 11.7. The number of methoxy groups -OCH3 is 1. The van der Waals surface area contributed by atoms with Crippen molar-refractivity contribution >= 4 is 22.8 Å². The molecule has 0 fully saturated rings. The lowest BCUT2D eigenvalue weighted by Crippen LogP contribution is -2.27. The molecular weight excluding hydrogens is 256 g/mol. The summed E-state index contributed by atoms with van der Waals surface area (Å²) in [5, 5.41) is 3.87. The third-order valence-electron chi connectivity index (χ3n) is 3.14. The number of amides is 1. The average Bonchev–Trinajstić information content (AvgIpc) is 2.88. The largest absolute Gasteiger partial charge is 0.469 e. The van der Waals surface area contributed by atoms with E-state index in [2.05, 4.69) is 14.6 Å². The highest BCUT2D eigenvalue weighted by Crippen LogP contribution is 2.15. The van der Waals surface area contributed by atoms with Crippen molar-refractivity contribution in [3.63, 3.8) is 0 Å². The molecule has 1 aromatic carbocycles. The van der Waals surface area contributed by atoms with Crippen LogP contribution in [0.25, 0.3) is 10.9 Å². The van der Waals surface area contributed by atoms with E-state index in [0.29, 0.717) is 19.5 Å². The first-order valence-corrected chi connectivity index (χ1v) is 6.58. The van der Waals surface area contributed by atoms with Gasteiger partial charge >= 0.3 is 5.97 Å². The third kappa shape index (κ3) is 3.60. The fourth-order valence-electron chi connectivity index (χ4n) is 2.05. The molecule has 5 heteroatoms. The van der Waals surface area contributed by atoms with E-state index in [0.717, 1.165) is 5.52 Å². The Kier molecular flexibility index (Phi) is 4.76. The van der Waals surface area contributed by atoms with Crippen LogP contribution in [0, 0.1) is 0 Å². The number of carbonyl (C=O) groups excluding carboxylic acids is 2. The highest BCUT2D eigenvalue weighted by atomic mass is 16.5. The minimum absolute atomic E-state index is 0.0633. The molecule has 1 N–H and O–H groups in total. The highest BCUT2D eigenvalue weighted by molar-refractivity contribution is 5.80. The number of hydrogen-bond donors (Lipinski definition) is 1. The summed E-state index contributed by atoms with van der Waals surface area (Å²) in [4.78, 5) is 22.6. The van der Waals surface area contributed by atoms with Crippen LogP contribution >= 0.6 is 0 Å². The van der Waals surface area contributed by atoms with E-state index in [9.17, 15) is 9.59 Å². The van der Waals surface area contributed by atoms with Gasteiger partial charge in [-0.3, -0.25) is 9.59 Å². The number of nitrogens with zero attached hydrogens (tertiary/aromatic N) is 1. The van der Waals surface area contributed by atoms with E-state index in [1.54, 1.807) is 0 Å². The van der Waals surface area contributed by atoms with Crippen LogP contribution in [0.3, 0.4) is 0 Å². The van der Waals surface area contributed by atoms with Crippen LogP contribution in [0.2, 0.25) is 0 Å². The van der Waals surface area contributed by atoms with Crippen molar-refractivity contribution in [2.24, 2.45) is 0 Å². The number of aryl methyl sites for hydroxylation is 1. The van der Waals surface area contributed by atoms with Crippen molar-refractivity contribution in [2.75, 3.05) is 13.7 Å². The van der Waals surface area contributed by atoms with E-state index in [-0.39, 0.29) is 18.3 Å². The number of ether oxygens (including phenoxy) is 1. The van der Waals surface area contributed by atoms with Gasteiger partial charge in [-0.1, -0.05) is 18.2 Å². The van der Waals surface area contributed by atoms with E-state index >= 15 is 0 Å². The summed E-state index contributed by atoms with van der Waals surface area (Å²) >= 11 is 0. The lowest BCUT2D eigenvalue weighted by atomic mass is 10.2. The number of rotatable bonds is 6. The summed E-state index contributed by atoms with van der Waals surface area (Å²) < 4.78 is 6.56. The smallest absolute Gasteiger partial charge is 0.307 e. The number of benzene rings is 1. The van der Waals surface area contributed by atoms with Gasteiger partial charge in [0.2, 0.25) is 5.91 Å². The first-order valence-electron chi connectivity index (χ1n) is 6.58. The molecule has 0 aliphatic rings. The molecule has 1 heterocycles. The van der Waals surface area contributed by atoms with E-state index in [4.69, 9.17) is 0 Å². The molecule has 0 atom stereocenters. The van der Waals surface area contributed by atoms with Crippen LogP contribution in [0.5, 0.6) is 0 Å². The Bertz CT molecular complexity index is 604. The van der Waals surface area contributed by atoms with Crippen LogP contribution in [-0.4, -0.2) is 30.1 Å². The summed E-state index contributed by atoms with van der Waals surface area (Å²) in [5.74, 6) is -0.381. The number of aromatic nitrogens is 1. The summed E-state index contributed by atoms with van der Waals surface area (Å²) in [6.45, 7) is 0.940. The second-order valence-corrected chi connectivity index (χ2v) is 4.49. The molecule has 0 aliphatic carbocycles. The van der Waals surface area contributed by atoms with Crippen molar-refractivity contribution in [1.29, 1.82) is 0 Å². The monoisotopic (exact) mass is 274 g/mol. The summed E-state index contributed by atoms with van der Waals surface area (Å²) in [7, 11) is 1.33. The van der Waals surface area contributed by atoms with Gasteiger partial charge in [0, 0.05) is 31.2 Å². The number of fused-ring (bicyclic) bond motifs is 1. The molecule has 0 saturated carbocycles. The lowest BCUT2D eigenvalue weighted by molar-refractivity contribution is -0.140. The molecule has 0 radical (unpaired) electrons. The molecule has 0 aliphatic heterocycles. The fourth-order valence-corrected chi connectivity index (χ4v) is 2.05. The molecule has 2 aromatic rings. The topological polar surface area (TPSA) is 60.3 Å². The zero-order valence-electron chi connectivity index (χ0n) is 11.5. The Morgan fingerprint density at radius 2 is 2.00 bits per heavy atom. The van der Waals surface area contributed by atoms with Crippen molar-refractivity contribution in [2.45, 2.75) is 19.4 Å². The number of para-hydroxylation sites is 1. The zero-order valence-corrected chi connectivity index (χ0v) is 11.5. The summed E-state index contributed by atoms with van der Waals surface area (Å²) in [6, 6.07) is 10.1. The second-order valence-electron chi connectivity index (χ2n) is 4.49. The molecule has 1 aromatic heterocycles. The molecular formula is C15H18N2O3. The van der Waals surface area contributed by atoms with Gasteiger partial charge in [0.15, 0.2) is 0 Å². The summed E-state index contributed by atoms with van der Waals surface area (Å²) in [6.07, 6.45) is 2.57. The van der Waals surface area contributed by atoms with Gasteiger partial charge in [-0.25, -0.2) is 0 Å². The molecule has 2 rings (SSSR count). The Morgan fingerprint density at radius 3 is 2.80 bits per heavy atom. The maximum Gasteiger partial charge on any atom is 0.307 e. The Labute approximate surface area is 117 Å². The average molecular weight is 274 g/mol. The number of carbonyl (C=O) groups is 2. The molecule has 0 bridgehead atoms. The van der Waals surface area contributed by atoms with Crippen LogP contribution < -0.4 is 5.32 Å². The zero-order chi connectivity index (χ0) is 14.4. The van der Waals surface area contributed by atoms with Gasteiger partial charge in [-0.05, 0) is 17.5 Å². The molecule has 0 saturated heterocycles. The highest BCUT2D eigenvalue weighted by Gasteiger charge is 2.05. The molecule has 0 spiro atoms. The van der Waals surface area contributed by atoms with Gasteiger partial charge in [0.1, 0.15) is 0 Å². The second kappa shape index (κ2) is 6.75.